The van der Waals surface area contributed by atoms with Crippen LogP contribution in [0, 0.1) is 11.3 Å². The van der Waals surface area contributed by atoms with Crippen molar-refractivity contribution in [1.29, 1.82) is 0 Å². The second-order valence-corrected chi connectivity index (χ2v) is 4.57. The Balaban J connectivity index is 2.40. The van der Waals surface area contributed by atoms with Crippen LogP contribution in [0.4, 0.5) is 0 Å². The van der Waals surface area contributed by atoms with Crippen LogP contribution >= 0.6 is 0 Å². The van der Waals surface area contributed by atoms with Crippen LogP contribution in [0.15, 0.2) is 0 Å². The van der Waals surface area contributed by atoms with E-state index in [1.54, 1.807) is 0 Å². The highest BCUT2D eigenvalue weighted by molar-refractivity contribution is 5.59. The molecule has 1 saturated carbocycles. The summed E-state index contributed by atoms with van der Waals surface area (Å²) in [6.07, 6.45) is 9.74. The van der Waals surface area contributed by atoms with Crippen LogP contribution in [0.2, 0.25) is 0 Å². The van der Waals surface area contributed by atoms with Gasteiger partial charge in [-0.25, -0.2) is 0 Å². The molecule has 0 radical (unpaired) electrons. The van der Waals surface area contributed by atoms with Crippen LogP contribution in [0.1, 0.15) is 58.8 Å². The first kappa shape index (κ1) is 10.7. The first-order chi connectivity index (χ1) is 6.26. The zero-order valence-corrected chi connectivity index (χ0v) is 9.01. The summed E-state index contributed by atoms with van der Waals surface area (Å²) in [7, 11) is 0. The minimum absolute atomic E-state index is 0.0598. The molecule has 0 heterocycles. The molecule has 1 heteroatoms. The molecule has 1 fully saturated rings. The van der Waals surface area contributed by atoms with Gasteiger partial charge in [0.2, 0.25) is 0 Å². The van der Waals surface area contributed by atoms with Gasteiger partial charge in [-0.15, -0.1) is 0 Å². The second kappa shape index (κ2) is 4.78. The third kappa shape index (κ3) is 2.55. The first-order valence-corrected chi connectivity index (χ1v) is 5.72. The lowest BCUT2D eigenvalue weighted by Gasteiger charge is -2.35. The molecule has 0 aromatic rings. The summed E-state index contributed by atoms with van der Waals surface area (Å²) in [5, 5.41) is 0. The van der Waals surface area contributed by atoms with E-state index in [0.717, 1.165) is 25.2 Å². The van der Waals surface area contributed by atoms with Crippen LogP contribution < -0.4 is 0 Å². The molecule has 76 valence electrons. The average Bonchev–Trinajstić information content (AvgIpc) is 2.20. The zero-order chi connectivity index (χ0) is 9.73. The summed E-state index contributed by atoms with van der Waals surface area (Å²) in [4.78, 5) is 11.0. The van der Waals surface area contributed by atoms with Crippen molar-refractivity contribution in [2.75, 3.05) is 0 Å². The molecule has 0 spiro atoms. The van der Waals surface area contributed by atoms with E-state index in [0.29, 0.717) is 0 Å². The van der Waals surface area contributed by atoms with Crippen molar-refractivity contribution in [3.63, 3.8) is 0 Å². The maximum Gasteiger partial charge on any atom is 0.126 e. The van der Waals surface area contributed by atoms with Gasteiger partial charge in [0, 0.05) is 5.41 Å². The van der Waals surface area contributed by atoms with Crippen molar-refractivity contribution in [2.45, 2.75) is 58.8 Å². The number of carbonyl (C=O) groups is 1. The summed E-state index contributed by atoms with van der Waals surface area (Å²) in [5.41, 5.74) is 0.0598. The van der Waals surface area contributed by atoms with E-state index < -0.39 is 0 Å². The smallest absolute Gasteiger partial charge is 0.126 e. The minimum Gasteiger partial charge on any atom is -0.303 e. The number of carbonyl (C=O) groups excluding carboxylic acids is 1. The third-order valence-corrected chi connectivity index (χ3v) is 3.75. The molecule has 13 heavy (non-hydrogen) atoms. The Bertz CT molecular complexity index is 155. The van der Waals surface area contributed by atoms with Gasteiger partial charge < -0.3 is 4.79 Å². The predicted octanol–water partition coefficient (Wildman–Crippen LogP) is 3.57. The van der Waals surface area contributed by atoms with E-state index in [-0.39, 0.29) is 5.41 Å². The average molecular weight is 182 g/mol. The highest BCUT2D eigenvalue weighted by Crippen LogP contribution is 2.41. The van der Waals surface area contributed by atoms with Gasteiger partial charge in [-0.1, -0.05) is 26.7 Å². The molecular formula is C12H22O. The van der Waals surface area contributed by atoms with Gasteiger partial charge in [0.1, 0.15) is 6.29 Å². The molecule has 0 aromatic heterocycles. The lowest BCUT2D eigenvalue weighted by Crippen LogP contribution is -2.28. The molecule has 0 atom stereocenters. The molecule has 1 nitrogen and oxygen atoms in total. The topological polar surface area (TPSA) is 17.1 Å². The van der Waals surface area contributed by atoms with E-state index in [1.807, 2.05) is 0 Å². The Labute approximate surface area is 81.9 Å². The van der Waals surface area contributed by atoms with Crippen LogP contribution in [-0.4, -0.2) is 6.29 Å². The second-order valence-electron chi connectivity index (χ2n) is 4.57. The first-order valence-electron chi connectivity index (χ1n) is 5.72. The summed E-state index contributed by atoms with van der Waals surface area (Å²) in [6.45, 7) is 4.40. The van der Waals surface area contributed by atoms with Gasteiger partial charge in [0.25, 0.3) is 0 Å². The molecular weight excluding hydrogens is 160 g/mol. The fraction of sp³-hybridized carbons (Fsp3) is 0.917. The minimum atomic E-state index is 0.0598. The summed E-state index contributed by atoms with van der Waals surface area (Å²) in [5.74, 6) is 0.907. The van der Waals surface area contributed by atoms with Gasteiger partial charge in [-0.3, -0.25) is 0 Å². The Kier molecular flexibility index (Phi) is 3.95. The molecule has 0 unspecified atom stereocenters. The molecule has 1 rings (SSSR count). The van der Waals surface area contributed by atoms with Gasteiger partial charge in [0.05, 0.1) is 0 Å². The summed E-state index contributed by atoms with van der Waals surface area (Å²) < 4.78 is 0. The lowest BCUT2D eigenvalue weighted by atomic mass is 9.69. The molecule has 1 aliphatic carbocycles. The standard InChI is InChI=1S/C12H22O/c1-3-5-11-6-8-12(4-2,10-13)9-7-11/h10-11H,3-9H2,1-2H3. The van der Waals surface area contributed by atoms with Crippen LogP contribution in [0.25, 0.3) is 0 Å². The molecule has 0 aliphatic heterocycles. The molecule has 1 aliphatic rings. The van der Waals surface area contributed by atoms with Crippen molar-refractivity contribution >= 4 is 6.29 Å². The number of aldehydes is 1. The van der Waals surface area contributed by atoms with Gasteiger partial charge in [-0.2, -0.15) is 0 Å². The van der Waals surface area contributed by atoms with E-state index in [2.05, 4.69) is 13.8 Å². The van der Waals surface area contributed by atoms with Gasteiger partial charge >= 0.3 is 0 Å². The maximum atomic E-state index is 11.0. The maximum absolute atomic E-state index is 11.0. The molecule has 0 amide bonds. The molecule has 0 N–H and O–H groups in total. The SMILES string of the molecule is CCCC1CCC(C=O)(CC)CC1. The van der Waals surface area contributed by atoms with Gasteiger partial charge in [-0.05, 0) is 38.0 Å². The Hall–Kier alpha value is -0.330. The zero-order valence-electron chi connectivity index (χ0n) is 9.01. The molecule has 0 bridgehead atoms. The largest absolute Gasteiger partial charge is 0.303 e. The van der Waals surface area contributed by atoms with Crippen molar-refractivity contribution < 1.29 is 4.79 Å². The Morgan fingerprint density at radius 2 is 1.92 bits per heavy atom. The number of hydrogen-bond acceptors (Lipinski definition) is 1. The van der Waals surface area contributed by atoms with E-state index in [9.17, 15) is 4.79 Å². The highest BCUT2D eigenvalue weighted by Gasteiger charge is 2.32. The van der Waals surface area contributed by atoms with Crippen LogP contribution in [-0.2, 0) is 4.79 Å². The number of hydrogen-bond donors (Lipinski definition) is 0. The Morgan fingerprint density at radius 3 is 2.31 bits per heavy atom. The van der Waals surface area contributed by atoms with Crippen molar-refractivity contribution in [1.82, 2.24) is 0 Å². The van der Waals surface area contributed by atoms with Crippen LogP contribution in [0.3, 0.4) is 0 Å². The Morgan fingerprint density at radius 1 is 1.31 bits per heavy atom. The fourth-order valence-electron chi connectivity index (χ4n) is 2.50. The number of rotatable bonds is 4. The normalized spacial score (nSPS) is 34.5. The monoisotopic (exact) mass is 182 g/mol. The summed E-state index contributed by atoms with van der Waals surface area (Å²) >= 11 is 0. The van der Waals surface area contributed by atoms with Gasteiger partial charge in [0.15, 0.2) is 0 Å². The van der Waals surface area contributed by atoms with E-state index in [4.69, 9.17) is 0 Å². The fourth-order valence-corrected chi connectivity index (χ4v) is 2.50. The predicted molar refractivity (Wildman–Crippen MR) is 55.7 cm³/mol. The van der Waals surface area contributed by atoms with Crippen molar-refractivity contribution in [3.05, 3.63) is 0 Å². The quantitative estimate of drug-likeness (QED) is 0.607. The molecule has 0 aromatic carbocycles. The van der Waals surface area contributed by atoms with E-state index >= 15 is 0 Å². The molecule has 0 saturated heterocycles. The van der Waals surface area contributed by atoms with Crippen molar-refractivity contribution in [2.24, 2.45) is 11.3 Å². The third-order valence-electron chi connectivity index (χ3n) is 3.75. The van der Waals surface area contributed by atoms with E-state index in [1.165, 1.54) is 32.0 Å². The lowest BCUT2D eigenvalue weighted by molar-refractivity contribution is -0.118. The summed E-state index contributed by atoms with van der Waals surface area (Å²) in [6, 6.07) is 0. The highest BCUT2D eigenvalue weighted by atomic mass is 16.1. The van der Waals surface area contributed by atoms with Crippen molar-refractivity contribution in [3.8, 4) is 0 Å². The van der Waals surface area contributed by atoms with Crippen LogP contribution in [0.5, 0.6) is 0 Å².